The fourth-order valence-corrected chi connectivity index (χ4v) is 2.44. The van der Waals surface area contributed by atoms with E-state index in [1.807, 2.05) is 0 Å². The van der Waals surface area contributed by atoms with Gasteiger partial charge in [-0.3, -0.25) is 0 Å². The minimum absolute atomic E-state index is 0.876. The van der Waals surface area contributed by atoms with Crippen molar-refractivity contribution in [2.75, 3.05) is 32.0 Å². The molecule has 4 nitrogen and oxygen atoms in total. The lowest BCUT2D eigenvalue weighted by molar-refractivity contribution is 0.215. The summed E-state index contributed by atoms with van der Waals surface area (Å²) < 4.78 is 0. The number of hydrogen-bond donors (Lipinski definition) is 1. The maximum atomic E-state index is 4.25. The Balaban J connectivity index is 1.71. The molecule has 0 atom stereocenters. The molecular weight excluding hydrogens is 224 g/mol. The molecule has 100 valence electrons. The molecule has 1 N–H and O–H groups in total. The Morgan fingerprint density at radius 3 is 2.83 bits per heavy atom. The summed E-state index contributed by atoms with van der Waals surface area (Å²) in [6.45, 7) is 5.63. The van der Waals surface area contributed by atoms with Crippen molar-refractivity contribution in [1.29, 1.82) is 0 Å². The number of nitrogens with zero attached hydrogens (tertiary/aromatic N) is 3. The number of anilines is 1. The Morgan fingerprint density at radius 1 is 1.33 bits per heavy atom. The van der Waals surface area contributed by atoms with E-state index in [4.69, 9.17) is 0 Å². The summed E-state index contributed by atoms with van der Waals surface area (Å²) in [5, 5.41) is 3.41. The highest BCUT2D eigenvalue weighted by atomic mass is 15.1. The zero-order valence-corrected chi connectivity index (χ0v) is 11.5. The summed E-state index contributed by atoms with van der Waals surface area (Å²) in [7, 11) is 2.21. The number of aryl methyl sites for hydroxylation is 1. The minimum Gasteiger partial charge on any atom is -0.370 e. The molecular formula is C14H24N4. The molecule has 0 unspecified atom stereocenters. The second kappa shape index (κ2) is 6.69. The van der Waals surface area contributed by atoms with Crippen molar-refractivity contribution in [3.05, 3.63) is 18.1 Å². The summed E-state index contributed by atoms with van der Waals surface area (Å²) in [5.41, 5.74) is 1.10. The van der Waals surface area contributed by atoms with Crippen molar-refractivity contribution in [1.82, 2.24) is 14.9 Å². The quantitative estimate of drug-likeness (QED) is 0.867. The number of nitrogens with one attached hydrogen (secondary N) is 1. The normalized spacial score (nSPS) is 17.9. The second-order valence-corrected chi connectivity index (χ2v) is 5.21. The third kappa shape index (κ3) is 3.95. The fourth-order valence-electron chi connectivity index (χ4n) is 2.44. The summed E-state index contributed by atoms with van der Waals surface area (Å²) in [6, 6.07) is 2.05. The predicted molar refractivity (Wildman–Crippen MR) is 74.7 cm³/mol. The molecule has 0 saturated carbocycles. The lowest BCUT2D eigenvalue weighted by Crippen LogP contribution is -2.30. The van der Waals surface area contributed by atoms with E-state index >= 15 is 0 Å². The van der Waals surface area contributed by atoms with Gasteiger partial charge < -0.3 is 10.2 Å². The number of aromatic nitrogens is 2. The lowest BCUT2D eigenvalue weighted by Gasteiger charge is -2.28. The molecule has 1 fully saturated rings. The summed E-state index contributed by atoms with van der Waals surface area (Å²) in [6.07, 6.45) is 6.53. The molecule has 1 aliphatic rings. The molecule has 0 aromatic carbocycles. The Labute approximate surface area is 110 Å². The maximum Gasteiger partial charge on any atom is 0.129 e. The standard InChI is InChI=1S/C14H24N4/c1-3-13-10-14(17-11-16-13)15-7-4-12-5-8-18(2)9-6-12/h10-12H,3-9H2,1-2H3,(H,15,16,17). The monoisotopic (exact) mass is 248 g/mol. The number of rotatable bonds is 5. The van der Waals surface area contributed by atoms with Crippen LogP contribution < -0.4 is 5.32 Å². The molecule has 1 saturated heterocycles. The van der Waals surface area contributed by atoms with Gasteiger partial charge in [-0.2, -0.15) is 0 Å². The Bertz CT molecular complexity index is 359. The Morgan fingerprint density at radius 2 is 2.11 bits per heavy atom. The highest BCUT2D eigenvalue weighted by Crippen LogP contribution is 2.19. The molecule has 0 spiro atoms. The van der Waals surface area contributed by atoms with Crippen LogP contribution >= 0.6 is 0 Å². The van der Waals surface area contributed by atoms with Crippen molar-refractivity contribution in [3.63, 3.8) is 0 Å². The van der Waals surface area contributed by atoms with Crippen molar-refractivity contribution < 1.29 is 0 Å². The summed E-state index contributed by atoms with van der Waals surface area (Å²) in [4.78, 5) is 10.9. The highest BCUT2D eigenvalue weighted by Gasteiger charge is 2.15. The van der Waals surface area contributed by atoms with E-state index in [-0.39, 0.29) is 0 Å². The van der Waals surface area contributed by atoms with E-state index in [1.54, 1.807) is 6.33 Å². The van der Waals surface area contributed by atoms with Crippen LogP contribution in [0.25, 0.3) is 0 Å². The van der Waals surface area contributed by atoms with Crippen LogP contribution in [0.1, 0.15) is 31.9 Å². The van der Waals surface area contributed by atoms with E-state index in [1.165, 1.54) is 32.4 Å². The predicted octanol–water partition coefficient (Wildman–Crippen LogP) is 2.18. The molecule has 1 aromatic heterocycles. The topological polar surface area (TPSA) is 41.0 Å². The molecule has 0 radical (unpaired) electrons. The molecule has 0 aliphatic carbocycles. The van der Waals surface area contributed by atoms with Gasteiger partial charge >= 0.3 is 0 Å². The van der Waals surface area contributed by atoms with Gasteiger partial charge in [0.25, 0.3) is 0 Å². The van der Waals surface area contributed by atoms with Gasteiger partial charge in [0.05, 0.1) is 0 Å². The summed E-state index contributed by atoms with van der Waals surface area (Å²) >= 11 is 0. The maximum absolute atomic E-state index is 4.25. The van der Waals surface area contributed by atoms with E-state index in [2.05, 4.69) is 40.2 Å². The minimum atomic E-state index is 0.876. The van der Waals surface area contributed by atoms with Crippen LogP contribution in [0.4, 0.5) is 5.82 Å². The average Bonchev–Trinajstić information content (AvgIpc) is 2.41. The van der Waals surface area contributed by atoms with Gasteiger partial charge in [-0.1, -0.05) is 6.92 Å². The van der Waals surface area contributed by atoms with Crippen molar-refractivity contribution >= 4 is 5.82 Å². The molecule has 18 heavy (non-hydrogen) atoms. The number of hydrogen-bond acceptors (Lipinski definition) is 4. The first-order chi connectivity index (χ1) is 8.78. The first-order valence-electron chi connectivity index (χ1n) is 7.01. The van der Waals surface area contributed by atoms with Crippen LogP contribution in [0.5, 0.6) is 0 Å². The van der Waals surface area contributed by atoms with Crippen molar-refractivity contribution in [3.8, 4) is 0 Å². The van der Waals surface area contributed by atoms with Crippen LogP contribution in [0.3, 0.4) is 0 Å². The molecule has 1 aromatic rings. The first kappa shape index (κ1) is 13.3. The number of likely N-dealkylation sites (tertiary alicyclic amines) is 1. The van der Waals surface area contributed by atoms with Crippen LogP contribution in [0, 0.1) is 5.92 Å². The van der Waals surface area contributed by atoms with Gasteiger partial charge in [0.15, 0.2) is 0 Å². The van der Waals surface area contributed by atoms with Crippen LogP contribution in [-0.2, 0) is 6.42 Å². The van der Waals surface area contributed by atoms with Crippen LogP contribution in [-0.4, -0.2) is 41.5 Å². The van der Waals surface area contributed by atoms with Gasteiger partial charge in [0, 0.05) is 18.3 Å². The van der Waals surface area contributed by atoms with Gasteiger partial charge in [0.1, 0.15) is 12.1 Å². The van der Waals surface area contributed by atoms with Gasteiger partial charge in [-0.05, 0) is 51.7 Å². The summed E-state index contributed by atoms with van der Waals surface area (Å²) in [5.74, 6) is 1.84. The molecule has 0 amide bonds. The lowest BCUT2D eigenvalue weighted by atomic mass is 9.94. The second-order valence-electron chi connectivity index (χ2n) is 5.21. The number of piperidine rings is 1. The highest BCUT2D eigenvalue weighted by molar-refractivity contribution is 5.34. The molecule has 4 heteroatoms. The van der Waals surface area contributed by atoms with E-state index in [0.29, 0.717) is 0 Å². The van der Waals surface area contributed by atoms with Crippen molar-refractivity contribution in [2.45, 2.75) is 32.6 Å². The fraction of sp³-hybridized carbons (Fsp3) is 0.714. The SMILES string of the molecule is CCc1cc(NCCC2CCN(C)CC2)ncn1. The zero-order chi connectivity index (χ0) is 12.8. The third-order valence-corrected chi connectivity index (χ3v) is 3.78. The average molecular weight is 248 g/mol. The third-order valence-electron chi connectivity index (χ3n) is 3.78. The first-order valence-corrected chi connectivity index (χ1v) is 7.01. The van der Waals surface area contributed by atoms with Crippen LogP contribution in [0.15, 0.2) is 12.4 Å². The van der Waals surface area contributed by atoms with E-state index < -0.39 is 0 Å². The van der Waals surface area contributed by atoms with Crippen molar-refractivity contribution in [2.24, 2.45) is 5.92 Å². The molecule has 2 rings (SSSR count). The van der Waals surface area contributed by atoms with Gasteiger partial charge in [-0.25, -0.2) is 9.97 Å². The molecule has 2 heterocycles. The smallest absolute Gasteiger partial charge is 0.129 e. The van der Waals surface area contributed by atoms with E-state index in [9.17, 15) is 0 Å². The van der Waals surface area contributed by atoms with Gasteiger partial charge in [-0.15, -0.1) is 0 Å². The van der Waals surface area contributed by atoms with Gasteiger partial charge in [0.2, 0.25) is 0 Å². The van der Waals surface area contributed by atoms with Crippen LogP contribution in [0.2, 0.25) is 0 Å². The largest absolute Gasteiger partial charge is 0.370 e. The Hall–Kier alpha value is -1.16. The Kier molecular flexibility index (Phi) is 4.93. The molecule has 0 bridgehead atoms. The molecule has 1 aliphatic heterocycles. The van der Waals surface area contributed by atoms with E-state index in [0.717, 1.165) is 30.4 Å². The zero-order valence-electron chi connectivity index (χ0n) is 11.5.